The highest BCUT2D eigenvalue weighted by Crippen LogP contribution is 2.33. The highest BCUT2D eigenvalue weighted by Gasteiger charge is 2.22. The van der Waals surface area contributed by atoms with Gasteiger partial charge in [0, 0.05) is 44.1 Å². The summed E-state index contributed by atoms with van der Waals surface area (Å²) >= 11 is 9.84. The minimum absolute atomic E-state index is 0.0955. The van der Waals surface area contributed by atoms with Crippen molar-refractivity contribution in [2.75, 3.05) is 13.1 Å². The van der Waals surface area contributed by atoms with Gasteiger partial charge < -0.3 is 16.0 Å². The van der Waals surface area contributed by atoms with Gasteiger partial charge in [0.25, 0.3) is 5.91 Å². The zero-order valence-electron chi connectivity index (χ0n) is 18.2. The van der Waals surface area contributed by atoms with Gasteiger partial charge >= 0.3 is 0 Å². The Hall–Kier alpha value is -2.41. The Morgan fingerprint density at radius 1 is 1.15 bits per heavy atom. The van der Waals surface area contributed by atoms with E-state index >= 15 is 0 Å². The molecule has 1 aliphatic carbocycles. The largest absolute Gasteiger partial charge is 0.360 e. The number of carbonyl (C=O) groups is 1. The van der Waals surface area contributed by atoms with E-state index in [0.29, 0.717) is 29.0 Å². The number of fused-ring (bicyclic) bond motifs is 2. The number of nitrogens with two attached hydrogens (primary N) is 1. The fraction of sp³-hybridized carbons (Fsp3) is 0.308. The van der Waals surface area contributed by atoms with Crippen molar-refractivity contribution < 1.29 is 4.79 Å². The summed E-state index contributed by atoms with van der Waals surface area (Å²) in [5, 5.41) is 5.57. The van der Waals surface area contributed by atoms with Gasteiger partial charge in [-0.05, 0) is 80.1 Å². The Labute approximate surface area is 206 Å². The van der Waals surface area contributed by atoms with Crippen LogP contribution in [0, 0.1) is 11.8 Å². The lowest BCUT2D eigenvalue weighted by Crippen LogP contribution is -2.33. The number of benzene rings is 2. The molecule has 2 aromatic carbocycles. The first-order chi connectivity index (χ1) is 16.0. The van der Waals surface area contributed by atoms with Crippen molar-refractivity contribution in [1.29, 1.82) is 0 Å². The average molecular weight is 526 g/mol. The smallest absolute Gasteiger partial charge is 0.252 e. The first-order valence-corrected chi connectivity index (χ1v) is 12.5. The SMILES string of the molecule is NCC1CCCC(CNC(=O)c2cc(-c3c[nH]c4ccc(Br)cc34)nc3ccc(Cl)cc23)C1. The standard InChI is InChI=1S/C26H26BrClN4O/c27-17-4-6-23-19(9-17)22(14-30-23)25-11-21(20-10-18(28)5-7-24(20)32-25)26(33)31-13-16-3-1-2-15(8-16)12-29/h4-7,9-11,14-16,30H,1-3,8,12-13,29H2,(H,31,33). The van der Waals surface area contributed by atoms with Crippen molar-refractivity contribution in [2.45, 2.75) is 25.7 Å². The molecule has 0 saturated heterocycles. The first-order valence-electron chi connectivity index (χ1n) is 11.4. The number of nitrogens with one attached hydrogen (secondary N) is 2. The Morgan fingerprint density at radius 2 is 2.00 bits per heavy atom. The lowest BCUT2D eigenvalue weighted by molar-refractivity contribution is 0.0942. The molecule has 33 heavy (non-hydrogen) atoms. The van der Waals surface area contributed by atoms with Crippen LogP contribution in [0.1, 0.15) is 36.0 Å². The van der Waals surface area contributed by atoms with Gasteiger partial charge in [-0.3, -0.25) is 4.79 Å². The quantitative estimate of drug-likeness (QED) is 0.286. The summed E-state index contributed by atoms with van der Waals surface area (Å²) in [6.07, 6.45) is 6.53. The van der Waals surface area contributed by atoms with Crippen molar-refractivity contribution >= 4 is 55.2 Å². The minimum Gasteiger partial charge on any atom is -0.360 e. The number of halogens is 2. The van der Waals surface area contributed by atoms with Crippen LogP contribution in [0.5, 0.6) is 0 Å². The molecule has 1 amide bonds. The van der Waals surface area contributed by atoms with E-state index in [1.807, 2.05) is 42.6 Å². The number of aromatic nitrogens is 2. The Morgan fingerprint density at radius 3 is 2.85 bits per heavy atom. The van der Waals surface area contributed by atoms with Crippen LogP contribution in [0.3, 0.4) is 0 Å². The molecule has 4 aromatic rings. The third-order valence-corrected chi connectivity index (χ3v) is 7.44. The summed E-state index contributed by atoms with van der Waals surface area (Å²) in [4.78, 5) is 21.6. The van der Waals surface area contributed by atoms with E-state index in [4.69, 9.17) is 22.3 Å². The molecule has 170 valence electrons. The molecule has 0 spiro atoms. The number of nitrogens with zero attached hydrogens (tertiary/aromatic N) is 1. The van der Waals surface area contributed by atoms with Gasteiger partial charge in [-0.15, -0.1) is 0 Å². The Bertz CT molecular complexity index is 1330. The third-order valence-electron chi connectivity index (χ3n) is 6.71. The molecule has 5 rings (SSSR count). The number of aromatic amines is 1. The number of hydrogen-bond acceptors (Lipinski definition) is 3. The van der Waals surface area contributed by atoms with Crippen molar-refractivity contribution in [3.05, 3.63) is 63.7 Å². The minimum atomic E-state index is -0.0955. The molecule has 0 aliphatic heterocycles. The summed E-state index contributed by atoms with van der Waals surface area (Å²) in [5.74, 6) is 0.939. The maximum Gasteiger partial charge on any atom is 0.252 e. The van der Waals surface area contributed by atoms with E-state index in [0.717, 1.165) is 56.9 Å². The van der Waals surface area contributed by atoms with Crippen molar-refractivity contribution in [3.8, 4) is 11.3 Å². The average Bonchev–Trinajstić information content (AvgIpc) is 3.25. The predicted octanol–water partition coefficient (Wildman–Crippen LogP) is 6.29. The van der Waals surface area contributed by atoms with Gasteiger partial charge in [0.05, 0.1) is 16.8 Å². The van der Waals surface area contributed by atoms with E-state index in [-0.39, 0.29) is 5.91 Å². The van der Waals surface area contributed by atoms with Crippen molar-refractivity contribution in [2.24, 2.45) is 17.6 Å². The second kappa shape index (κ2) is 9.45. The molecule has 0 radical (unpaired) electrons. The van der Waals surface area contributed by atoms with Crippen LogP contribution in [-0.4, -0.2) is 29.0 Å². The molecule has 1 fully saturated rings. The van der Waals surface area contributed by atoms with E-state index < -0.39 is 0 Å². The van der Waals surface area contributed by atoms with Crippen LogP contribution < -0.4 is 11.1 Å². The monoisotopic (exact) mass is 524 g/mol. The molecule has 2 atom stereocenters. The second-order valence-corrected chi connectivity index (χ2v) is 10.3. The lowest BCUT2D eigenvalue weighted by atomic mass is 9.81. The first kappa shape index (κ1) is 22.4. The molecular weight excluding hydrogens is 500 g/mol. The van der Waals surface area contributed by atoms with Crippen LogP contribution >= 0.6 is 27.5 Å². The number of pyridine rings is 1. The summed E-state index contributed by atoms with van der Waals surface area (Å²) < 4.78 is 0.990. The maximum absolute atomic E-state index is 13.4. The van der Waals surface area contributed by atoms with Crippen LogP contribution in [0.15, 0.2) is 53.1 Å². The summed E-state index contributed by atoms with van der Waals surface area (Å²) in [7, 11) is 0. The summed E-state index contributed by atoms with van der Waals surface area (Å²) in [6.45, 7) is 1.39. The molecule has 7 heteroatoms. The molecule has 1 saturated carbocycles. The van der Waals surface area contributed by atoms with Gasteiger partial charge in [-0.2, -0.15) is 0 Å². The molecule has 5 nitrogen and oxygen atoms in total. The normalized spacial score (nSPS) is 18.6. The van der Waals surface area contributed by atoms with Gasteiger partial charge in [0.1, 0.15) is 0 Å². The number of rotatable bonds is 5. The summed E-state index contributed by atoms with van der Waals surface area (Å²) in [5.41, 5.74) is 9.94. The lowest BCUT2D eigenvalue weighted by Gasteiger charge is -2.28. The molecular formula is C26H26BrClN4O. The Kier molecular flexibility index (Phi) is 6.41. The maximum atomic E-state index is 13.4. The molecule has 2 aromatic heterocycles. The predicted molar refractivity (Wildman–Crippen MR) is 139 cm³/mol. The fourth-order valence-corrected chi connectivity index (χ4v) is 5.50. The van der Waals surface area contributed by atoms with Crippen LogP contribution in [0.25, 0.3) is 33.1 Å². The van der Waals surface area contributed by atoms with E-state index in [9.17, 15) is 4.79 Å². The number of H-pyrrole nitrogens is 1. The highest BCUT2D eigenvalue weighted by molar-refractivity contribution is 9.10. The van der Waals surface area contributed by atoms with Crippen LogP contribution in [-0.2, 0) is 0 Å². The zero-order chi connectivity index (χ0) is 22.9. The van der Waals surface area contributed by atoms with E-state index in [1.54, 1.807) is 0 Å². The third kappa shape index (κ3) is 4.65. The van der Waals surface area contributed by atoms with Crippen LogP contribution in [0.2, 0.25) is 5.02 Å². The highest BCUT2D eigenvalue weighted by atomic mass is 79.9. The Balaban J connectivity index is 1.51. The number of carbonyl (C=O) groups excluding carboxylic acids is 1. The van der Waals surface area contributed by atoms with Crippen LogP contribution in [0.4, 0.5) is 0 Å². The number of amides is 1. The fourth-order valence-electron chi connectivity index (χ4n) is 4.96. The molecule has 1 aliphatic rings. The van der Waals surface area contributed by atoms with Gasteiger partial charge in [-0.25, -0.2) is 4.98 Å². The van der Waals surface area contributed by atoms with E-state index in [1.165, 1.54) is 12.8 Å². The molecule has 4 N–H and O–H groups in total. The van der Waals surface area contributed by atoms with Crippen molar-refractivity contribution in [3.63, 3.8) is 0 Å². The molecule has 0 bridgehead atoms. The van der Waals surface area contributed by atoms with Crippen molar-refractivity contribution in [1.82, 2.24) is 15.3 Å². The van der Waals surface area contributed by atoms with Gasteiger partial charge in [0.2, 0.25) is 0 Å². The molecule has 2 unspecified atom stereocenters. The van der Waals surface area contributed by atoms with Gasteiger partial charge in [0.15, 0.2) is 0 Å². The summed E-state index contributed by atoms with van der Waals surface area (Å²) in [6, 6.07) is 13.5. The number of hydrogen-bond donors (Lipinski definition) is 3. The zero-order valence-corrected chi connectivity index (χ0v) is 20.5. The second-order valence-electron chi connectivity index (χ2n) is 8.95. The molecule has 2 heterocycles. The van der Waals surface area contributed by atoms with Gasteiger partial charge in [-0.1, -0.05) is 34.0 Å². The topological polar surface area (TPSA) is 83.8 Å². The van der Waals surface area contributed by atoms with E-state index in [2.05, 4.69) is 32.3 Å².